The summed E-state index contributed by atoms with van der Waals surface area (Å²) in [7, 11) is 0. The molecule has 0 heterocycles. The second-order valence-electron chi connectivity index (χ2n) is 9.26. The molecule has 1 N–H and O–H groups in total. The maximum Gasteiger partial charge on any atom is 0.305 e. The van der Waals surface area contributed by atoms with Crippen molar-refractivity contribution in [1.29, 1.82) is 0 Å². The monoisotopic (exact) mass is 461 g/mol. The van der Waals surface area contributed by atoms with Crippen LogP contribution in [0, 0.1) is 0 Å². The Bertz CT molecular complexity index is 618. The second-order valence-corrected chi connectivity index (χ2v) is 9.26. The first-order valence-electron chi connectivity index (χ1n) is 13.2. The lowest BCUT2D eigenvalue weighted by molar-refractivity contribution is -0.148. The van der Waals surface area contributed by atoms with E-state index in [0.29, 0.717) is 12.2 Å². The molecule has 0 saturated carbocycles. The van der Waals surface area contributed by atoms with E-state index in [-0.39, 0.29) is 24.5 Å². The zero-order chi connectivity index (χ0) is 24.2. The van der Waals surface area contributed by atoms with E-state index in [0.717, 1.165) is 12.8 Å². The zero-order valence-corrected chi connectivity index (χ0v) is 21.3. The van der Waals surface area contributed by atoms with Crippen molar-refractivity contribution >= 4 is 11.9 Å². The van der Waals surface area contributed by atoms with E-state index >= 15 is 0 Å². The summed E-state index contributed by atoms with van der Waals surface area (Å²) in [5, 5.41) is 2.83. The number of rotatable bonds is 20. The fourth-order valence-electron chi connectivity index (χ4n) is 3.73. The van der Waals surface area contributed by atoms with Gasteiger partial charge in [0.15, 0.2) is 0 Å². The summed E-state index contributed by atoms with van der Waals surface area (Å²) >= 11 is 0. The number of benzene rings is 1. The molecule has 0 aliphatic heterocycles. The van der Waals surface area contributed by atoms with Gasteiger partial charge in [-0.15, -0.1) is 0 Å². The highest BCUT2D eigenvalue weighted by Gasteiger charge is 2.23. The molecule has 0 bridgehead atoms. The first kappa shape index (κ1) is 29.0. The third-order valence-electron chi connectivity index (χ3n) is 5.63. The normalized spacial score (nSPS) is 11.9. The van der Waals surface area contributed by atoms with Gasteiger partial charge >= 0.3 is 5.97 Å². The van der Waals surface area contributed by atoms with Gasteiger partial charge in [0.2, 0.25) is 6.10 Å². The number of carbonyl (C=O) groups excluding carboxylic acids is 2. The van der Waals surface area contributed by atoms with E-state index in [4.69, 9.17) is 9.47 Å². The number of para-hydroxylation sites is 1. The summed E-state index contributed by atoms with van der Waals surface area (Å²) in [6.45, 7) is 5.95. The second kappa shape index (κ2) is 19.4. The lowest BCUT2D eigenvalue weighted by Gasteiger charge is -2.20. The number of hydrogen-bond acceptors (Lipinski definition) is 4. The molecular weight excluding hydrogens is 414 g/mol. The van der Waals surface area contributed by atoms with Gasteiger partial charge in [-0.1, -0.05) is 102 Å². The molecular formula is C28H47NO4. The van der Waals surface area contributed by atoms with Gasteiger partial charge in [0.25, 0.3) is 5.91 Å². The molecule has 1 unspecified atom stereocenters. The Morgan fingerprint density at radius 1 is 0.788 bits per heavy atom. The van der Waals surface area contributed by atoms with Crippen molar-refractivity contribution in [3.05, 3.63) is 30.3 Å². The van der Waals surface area contributed by atoms with E-state index in [9.17, 15) is 9.59 Å². The largest absolute Gasteiger partial charge is 0.477 e. The van der Waals surface area contributed by atoms with Crippen LogP contribution in [0.4, 0.5) is 0 Å². The molecule has 0 aliphatic carbocycles. The molecule has 0 aliphatic rings. The van der Waals surface area contributed by atoms with Crippen LogP contribution >= 0.6 is 0 Å². The van der Waals surface area contributed by atoms with Crippen LogP contribution in [-0.2, 0) is 14.3 Å². The molecule has 0 fully saturated rings. The number of hydrogen-bond donors (Lipinski definition) is 1. The highest BCUT2D eigenvalue weighted by molar-refractivity contribution is 5.82. The van der Waals surface area contributed by atoms with Crippen molar-refractivity contribution in [3.63, 3.8) is 0 Å². The third-order valence-corrected chi connectivity index (χ3v) is 5.63. The molecule has 1 aromatic rings. The van der Waals surface area contributed by atoms with Crippen molar-refractivity contribution in [2.45, 2.75) is 123 Å². The topological polar surface area (TPSA) is 64.6 Å². The third kappa shape index (κ3) is 16.3. The van der Waals surface area contributed by atoms with Gasteiger partial charge < -0.3 is 14.8 Å². The number of carbonyl (C=O) groups is 2. The van der Waals surface area contributed by atoms with E-state index in [2.05, 4.69) is 12.2 Å². The van der Waals surface area contributed by atoms with Crippen molar-refractivity contribution in [2.24, 2.45) is 0 Å². The fourth-order valence-corrected chi connectivity index (χ4v) is 3.73. The van der Waals surface area contributed by atoms with Gasteiger partial charge in [0, 0.05) is 12.5 Å². The van der Waals surface area contributed by atoms with Crippen molar-refractivity contribution < 1.29 is 19.1 Å². The molecule has 1 amide bonds. The Kier molecular flexibility index (Phi) is 17.1. The molecule has 0 spiro atoms. The molecule has 1 aromatic carbocycles. The molecule has 33 heavy (non-hydrogen) atoms. The first-order chi connectivity index (χ1) is 16.0. The van der Waals surface area contributed by atoms with Gasteiger partial charge in [-0.3, -0.25) is 9.59 Å². The first-order valence-corrected chi connectivity index (χ1v) is 13.2. The lowest BCUT2D eigenvalue weighted by Crippen LogP contribution is -2.44. The fraction of sp³-hybridized carbons (Fsp3) is 0.714. The lowest BCUT2D eigenvalue weighted by atomic mass is 10.0. The summed E-state index contributed by atoms with van der Waals surface area (Å²) < 4.78 is 11.1. The molecule has 1 atom stereocenters. The van der Waals surface area contributed by atoms with E-state index in [1.165, 1.54) is 70.6 Å². The number of unbranched alkanes of at least 4 members (excludes halogenated alkanes) is 12. The number of esters is 1. The maximum atomic E-state index is 12.4. The molecule has 0 aromatic heterocycles. The molecule has 0 radical (unpaired) electrons. The average Bonchev–Trinajstić information content (AvgIpc) is 2.79. The van der Waals surface area contributed by atoms with Crippen molar-refractivity contribution in [1.82, 2.24) is 5.32 Å². The van der Waals surface area contributed by atoms with Crippen LogP contribution in [0.15, 0.2) is 30.3 Å². The number of nitrogens with one attached hydrogen (secondary N) is 1. The summed E-state index contributed by atoms with van der Waals surface area (Å²) in [5.41, 5.74) is 0. The average molecular weight is 462 g/mol. The minimum atomic E-state index is -0.856. The Morgan fingerprint density at radius 2 is 1.30 bits per heavy atom. The van der Waals surface area contributed by atoms with E-state index in [1.807, 2.05) is 32.0 Å². The summed E-state index contributed by atoms with van der Waals surface area (Å²) in [6.07, 6.45) is 16.0. The quantitative estimate of drug-likeness (QED) is 0.168. The number of ether oxygens (including phenoxy) is 2. The maximum absolute atomic E-state index is 12.4. The van der Waals surface area contributed by atoms with Gasteiger partial charge in [0.1, 0.15) is 12.4 Å². The van der Waals surface area contributed by atoms with Crippen LogP contribution in [0.5, 0.6) is 5.75 Å². The van der Waals surface area contributed by atoms with Crippen LogP contribution in [0.2, 0.25) is 0 Å². The molecule has 188 valence electrons. The van der Waals surface area contributed by atoms with E-state index in [1.54, 1.807) is 12.1 Å². The SMILES string of the molecule is CCCCCCCCCCCCCCCC(=O)OCC(Oc1ccccc1)C(=O)NC(C)C. The molecule has 5 heteroatoms. The highest BCUT2D eigenvalue weighted by atomic mass is 16.6. The Morgan fingerprint density at radius 3 is 1.82 bits per heavy atom. The molecule has 5 nitrogen and oxygen atoms in total. The predicted octanol–water partition coefficient (Wildman–Crippen LogP) is 6.98. The van der Waals surface area contributed by atoms with Crippen molar-refractivity contribution in [2.75, 3.05) is 6.61 Å². The van der Waals surface area contributed by atoms with Crippen LogP contribution < -0.4 is 10.1 Å². The molecule has 0 saturated heterocycles. The van der Waals surface area contributed by atoms with E-state index < -0.39 is 6.10 Å². The van der Waals surface area contributed by atoms with Crippen molar-refractivity contribution in [3.8, 4) is 5.75 Å². The Balaban J connectivity index is 2.12. The minimum absolute atomic E-state index is 0.0131. The summed E-state index contributed by atoms with van der Waals surface area (Å²) in [4.78, 5) is 24.6. The smallest absolute Gasteiger partial charge is 0.305 e. The van der Waals surface area contributed by atoms with Crippen LogP contribution in [0.1, 0.15) is 111 Å². The Labute approximate surface area is 202 Å². The molecule has 1 rings (SSSR count). The van der Waals surface area contributed by atoms with Gasteiger partial charge in [0.05, 0.1) is 0 Å². The highest BCUT2D eigenvalue weighted by Crippen LogP contribution is 2.14. The van der Waals surface area contributed by atoms with Crippen LogP contribution in [0.3, 0.4) is 0 Å². The van der Waals surface area contributed by atoms with Gasteiger partial charge in [-0.05, 0) is 32.4 Å². The minimum Gasteiger partial charge on any atom is -0.477 e. The predicted molar refractivity (Wildman–Crippen MR) is 135 cm³/mol. The van der Waals surface area contributed by atoms with Gasteiger partial charge in [-0.25, -0.2) is 0 Å². The summed E-state index contributed by atoms with van der Waals surface area (Å²) in [6, 6.07) is 9.11. The Hall–Kier alpha value is -2.04. The van der Waals surface area contributed by atoms with Crippen LogP contribution in [0.25, 0.3) is 0 Å². The van der Waals surface area contributed by atoms with Gasteiger partial charge in [-0.2, -0.15) is 0 Å². The van der Waals surface area contributed by atoms with Crippen LogP contribution in [-0.4, -0.2) is 30.6 Å². The summed E-state index contributed by atoms with van der Waals surface area (Å²) in [5.74, 6) is 0.0358. The number of amides is 1. The standard InChI is InChI=1S/C28H47NO4/c1-4-5-6-7-8-9-10-11-12-13-14-15-19-22-27(30)32-23-26(28(31)29-24(2)3)33-25-20-17-16-18-21-25/h16-18,20-21,24,26H,4-15,19,22-23H2,1-3H3,(H,29,31). The zero-order valence-electron chi connectivity index (χ0n) is 21.3.